The van der Waals surface area contributed by atoms with E-state index in [-0.39, 0.29) is 18.5 Å². The van der Waals surface area contributed by atoms with Crippen LogP contribution in [0.15, 0.2) is 61.1 Å². The molecule has 0 bridgehead atoms. The van der Waals surface area contributed by atoms with E-state index in [4.69, 9.17) is 9.47 Å². The zero-order valence-corrected chi connectivity index (χ0v) is 24.7. The van der Waals surface area contributed by atoms with E-state index in [0.29, 0.717) is 37.6 Å². The van der Waals surface area contributed by atoms with Gasteiger partial charge >= 0.3 is 6.09 Å². The van der Waals surface area contributed by atoms with Crippen LogP contribution in [0.5, 0.6) is 5.75 Å². The number of aryl methyl sites for hydroxylation is 1. The second kappa shape index (κ2) is 12.1. The molecule has 0 atom stereocenters. The number of fused-ring (bicyclic) bond motifs is 1. The van der Waals surface area contributed by atoms with Crippen molar-refractivity contribution in [1.82, 2.24) is 24.2 Å². The lowest BCUT2D eigenvalue weighted by Gasteiger charge is -2.35. The summed E-state index contributed by atoms with van der Waals surface area (Å²) in [5, 5.41) is 6.38. The zero-order valence-electron chi connectivity index (χ0n) is 24.7. The second-order valence-electron chi connectivity index (χ2n) is 11.3. The monoisotopic (exact) mass is 571 g/mol. The summed E-state index contributed by atoms with van der Waals surface area (Å²) in [7, 11) is 1.65. The summed E-state index contributed by atoms with van der Waals surface area (Å²) < 4.78 is 12.7. The Labute approximate surface area is 245 Å². The molecular weight excluding hydrogens is 534 g/mol. The van der Waals surface area contributed by atoms with Crippen LogP contribution in [0, 0.1) is 6.92 Å². The fourth-order valence-electron chi connectivity index (χ4n) is 4.81. The molecule has 42 heavy (non-hydrogen) atoms. The minimum Gasteiger partial charge on any atom is -0.497 e. The van der Waals surface area contributed by atoms with Crippen LogP contribution in [0.4, 0.5) is 22.0 Å². The largest absolute Gasteiger partial charge is 0.497 e. The van der Waals surface area contributed by atoms with Gasteiger partial charge in [-0.3, -0.25) is 14.1 Å². The third kappa shape index (κ3) is 6.80. The van der Waals surface area contributed by atoms with E-state index in [1.165, 1.54) is 0 Å². The molecule has 1 saturated heterocycles. The van der Waals surface area contributed by atoms with Gasteiger partial charge in [-0.1, -0.05) is 0 Å². The molecule has 1 aliphatic heterocycles. The average molecular weight is 572 g/mol. The highest BCUT2D eigenvalue weighted by Gasteiger charge is 2.26. The Morgan fingerprint density at radius 3 is 2.40 bits per heavy atom. The van der Waals surface area contributed by atoms with E-state index in [9.17, 15) is 9.59 Å². The smallest absolute Gasteiger partial charge is 0.410 e. The Hall–Kier alpha value is -4.64. The van der Waals surface area contributed by atoms with E-state index < -0.39 is 5.60 Å². The van der Waals surface area contributed by atoms with Crippen molar-refractivity contribution in [3.05, 3.63) is 66.6 Å². The zero-order chi connectivity index (χ0) is 29.9. The minimum absolute atomic E-state index is 0.0978. The topological polar surface area (TPSA) is 113 Å². The molecule has 11 heteroatoms. The molecule has 11 nitrogen and oxygen atoms in total. The molecule has 5 rings (SSSR count). The molecule has 2 amide bonds. The first-order chi connectivity index (χ1) is 20.1. The van der Waals surface area contributed by atoms with Gasteiger partial charge in [0, 0.05) is 55.5 Å². The summed E-state index contributed by atoms with van der Waals surface area (Å²) in [6, 6.07) is 13.6. The molecule has 4 aromatic rings. The molecule has 1 aliphatic rings. The highest BCUT2D eigenvalue weighted by Crippen LogP contribution is 2.28. The van der Waals surface area contributed by atoms with Crippen LogP contribution in [-0.4, -0.2) is 81.6 Å². The number of aromatic nitrogens is 3. The Kier molecular flexibility index (Phi) is 8.30. The van der Waals surface area contributed by atoms with E-state index in [1.807, 2.05) is 91.9 Å². The highest BCUT2D eigenvalue weighted by atomic mass is 16.6. The van der Waals surface area contributed by atoms with Gasteiger partial charge in [-0.05, 0) is 75.7 Å². The molecule has 0 radical (unpaired) electrons. The summed E-state index contributed by atoms with van der Waals surface area (Å²) >= 11 is 0. The van der Waals surface area contributed by atoms with Crippen molar-refractivity contribution < 1.29 is 19.1 Å². The lowest BCUT2D eigenvalue weighted by atomic mass is 10.1. The van der Waals surface area contributed by atoms with Crippen molar-refractivity contribution in [3.8, 4) is 17.0 Å². The summed E-state index contributed by atoms with van der Waals surface area (Å²) in [5.41, 5.74) is 4.62. The number of hydrogen-bond donors (Lipinski definition) is 2. The van der Waals surface area contributed by atoms with Crippen molar-refractivity contribution in [2.45, 2.75) is 33.3 Å². The van der Waals surface area contributed by atoms with Crippen molar-refractivity contribution in [3.63, 3.8) is 0 Å². The molecule has 220 valence electrons. The average Bonchev–Trinajstić information content (AvgIpc) is 3.39. The predicted molar refractivity (Wildman–Crippen MR) is 162 cm³/mol. The molecule has 0 saturated carbocycles. The van der Waals surface area contributed by atoms with Crippen LogP contribution in [-0.2, 0) is 9.53 Å². The van der Waals surface area contributed by atoms with Gasteiger partial charge in [0.05, 0.1) is 25.5 Å². The number of nitrogens with zero attached hydrogens (tertiary/aromatic N) is 5. The minimum atomic E-state index is -0.526. The third-order valence-corrected chi connectivity index (χ3v) is 6.97. The number of rotatable bonds is 7. The number of carbonyl (C=O) groups is 2. The number of anilines is 3. The maximum Gasteiger partial charge on any atom is 0.410 e. The molecule has 2 aromatic heterocycles. The van der Waals surface area contributed by atoms with Gasteiger partial charge in [-0.25, -0.2) is 14.8 Å². The van der Waals surface area contributed by atoms with Crippen molar-refractivity contribution in [2.75, 3.05) is 50.5 Å². The third-order valence-electron chi connectivity index (χ3n) is 6.97. The highest BCUT2D eigenvalue weighted by molar-refractivity contribution is 5.93. The summed E-state index contributed by atoms with van der Waals surface area (Å²) in [6.45, 7) is 10.0. The summed E-state index contributed by atoms with van der Waals surface area (Å²) in [5.74, 6) is 1.32. The van der Waals surface area contributed by atoms with E-state index in [0.717, 1.165) is 33.9 Å². The van der Waals surface area contributed by atoms with Crippen LogP contribution < -0.4 is 15.4 Å². The van der Waals surface area contributed by atoms with Gasteiger partial charge in [0.15, 0.2) is 11.5 Å². The number of methoxy groups -OCH3 is 1. The van der Waals surface area contributed by atoms with Crippen LogP contribution in [0.1, 0.15) is 26.3 Å². The number of benzene rings is 2. The number of ether oxygens (including phenoxy) is 2. The Bertz CT molecular complexity index is 1570. The first-order valence-electron chi connectivity index (χ1n) is 13.9. The van der Waals surface area contributed by atoms with Crippen molar-refractivity contribution >= 4 is 34.8 Å². The first-order valence-corrected chi connectivity index (χ1v) is 13.9. The van der Waals surface area contributed by atoms with E-state index >= 15 is 0 Å². The van der Waals surface area contributed by atoms with E-state index in [2.05, 4.69) is 20.6 Å². The summed E-state index contributed by atoms with van der Waals surface area (Å²) in [4.78, 5) is 38.0. The molecule has 1 fully saturated rings. The van der Waals surface area contributed by atoms with Gasteiger partial charge < -0.3 is 25.0 Å². The van der Waals surface area contributed by atoms with E-state index in [1.54, 1.807) is 18.2 Å². The summed E-state index contributed by atoms with van der Waals surface area (Å²) in [6.07, 6.45) is 5.13. The molecule has 0 unspecified atom stereocenters. The molecule has 2 aromatic carbocycles. The van der Waals surface area contributed by atoms with Gasteiger partial charge in [0.2, 0.25) is 5.91 Å². The molecule has 0 spiro atoms. The van der Waals surface area contributed by atoms with Crippen LogP contribution in [0.2, 0.25) is 0 Å². The number of carbonyl (C=O) groups excluding carboxylic acids is 2. The Balaban J connectivity index is 1.19. The normalized spacial score (nSPS) is 14.1. The fourth-order valence-corrected chi connectivity index (χ4v) is 4.81. The molecule has 0 aliphatic carbocycles. The molecule has 2 N–H and O–H groups in total. The second-order valence-corrected chi connectivity index (χ2v) is 11.3. The lowest BCUT2D eigenvalue weighted by molar-refractivity contribution is -0.117. The lowest BCUT2D eigenvalue weighted by Crippen LogP contribution is -2.51. The maximum atomic E-state index is 12.8. The predicted octanol–water partition coefficient (Wildman–Crippen LogP) is 4.95. The van der Waals surface area contributed by atoms with Gasteiger partial charge in [-0.15, -0.1) is 0 Å². The Morgan fingerprint density at radius 2 is 1.74 bits per heavy atom. The number of hydrogen-bond acceptors (Lipinski definition) is 8. The van der Waals surface area contributed by atoms with Gasteiger partial charge in [-0.2, -0.15) is 0 Å². The Morgan fingerprint density at radius 1 is 1.00 bits per heavy atom. The SMILES string of the molecule is COc1ccc(-c2cnc3c(Nc4ccc(NC(=O)CN5CCN(C(=O)OC(C)(C)C)CC5)c(C)c4)nccn23)cc1. The number of piperazine rings is 1. The standard InChI is InChI=1S/C31H37N7O4/c1-21-18-23(34-28-29-33-19-26(38(29)13-12-32-28)22-6-9-24(41-5)10-7-22)8-11-25(21)35-27(39)20-36-14-16-37(17-15-36)30(40)42-31(2,3)4/h6-13,18-19H,14-17,20H2,1-5H3,(H,32,34)(H,35,39). The van der Waals surface area contributed by atoms with Gasteiger partial charge in [0.1, 0.15) is 11.4 Å². The first kappa shape index (κ1) is 28.9. The van der Waals surface area contributed by atoms with Gasteiger partial charge in [0.25, 0.3) is 0 Å². The quantitative estimate of drug-likeness (QED) is 0.321. The van der Waals surface area contributed by atoms with Crippen molar-refractivity contribution in [2.24, 2.45) is 0 Å². The number of nitrogens with one attached hydrogen (secondary N) is 2. The maximum absolute atomic E-state index is 12.8. The van der Waals surface area contributed by atoms with Crippen molar-refractivity contribution in [1.29, 1.82) is 0 Å². The fraction of sp³-hybridized carbons (Fsp3) is 0.355. The number of imidazole rings is 1. The van der Waals surface area contributed by atoms with Crippen LogP contribution in [0.25, 0.3) is 16.9 Å². The van der Waals surface area contributed by atoms with Crippen LogP contribution >= 0.6 is 0 Å². The van der Waals surface area contributed by atoms with Crippen LogP contribution in [0.3, 0.4) is 0 Å². The molecule has 3 heterocycles. The number of amides is 2. The molecular formula is C31H37N7O4.